The van der Waals surface area contributed by atoms with Gasteiger partial charge in [-0.05, 0) is 45.7 Å². The summed E-state index contributed by atoms with van der Waals surface area (Å²) in [6.45, 7) is 8.34. The van der Waals surface area contributed by atoms with Crippen molar-refractivity contribution in [2.45, 2.75) is 45.8 Å². The molecule has 1 atom stereocenters. The first-order chi connectivity index (χ1) is 9.33. The van der Waals surface area contributed by atoms with Crippen molar-refractivity contribution in [2.75, 3.05) is 13.7 Å². The molecule has 0 unspecified atom stereocenters. The summed E-state index contributed by atoms with van der Waals surface area (Å²) in [4.78, 5) is 14.0. The zero-order chi connectivity index (χ0) is 14.9. The van der Waals surface area contributed by atoms with Gasteiger partial charge in [0.2, 0.25) is 0 Å². The lowest BCUT2D eigenvalue weighted by atomic mass is 9.93. The number of methoxy groups -OCH3 is 1. The summed E-state index contributed by atoms with van der Waals surface area (Å²) >= 11 is 0. The van der Waals surface area contributed by atoms with Crippen LogP contribution in [0.1, 0.15) is 44.9 Å². The molecule has 4 heteroatoms. The average Bonchev–Trinajstić information content (AvgIpc) is 2.36. The molecular formula is C16H23NO3. The van der Waals surface area contributed by atoms with Crippen molar-refractivity contribution in [3.05, 3.63) is 29.3 Å². The predicted octanol–water partition coefficient (Wildman–Crippen LogP) is 3.55. The van der Waals surface area contributed by atoms with Crippen molar-refractivity contribution in [3.63, 3.8) is 0 Å². The summed E-state index contributed by atoms with van der Waals surface area (Å²) in [5.74, 6) is 0.901. The fourth-order valence-electron chi connectivity index (χ4n) is 2.60. The third kappa shape index (κ3) is 2.89. The van der Waals surface area contributed by atoms with Crippen molar-refractivity contribution in [1.82, 2.24) is 4.90 Å². The summed E-state index contributed by atoms with van der Waals surface area (Å²) in [5, 5.41) is 0. The van der Waals surface area contributed by atoms with Crippen molar-refractivity contribution in [2.24, 2.45) is 0 Å². The largest absolute Gasteiger partial charge is 0.496 e. The topological polar surface area (TPSA) is 38.8 Å². The molecule has 0 bridgehead atoms. The van der Waals surface area contributed by atoms with Crippen molar-refractivity contribution in [1.29, 1.82) is 0 Å². The molecule has 0 spiro atoms. The molecule has 20 heavy (non-hydrogen) atoms. The number of rotatable bonds is 1. The Balaban J connectivity index is 2.24. The number of hydrogen-bond donors (Lipinski definition) is 0. The van der Waals surface area contributed by atoms with Crippen molar-refractivity contribution < 1.29 is 14.3 Å². The molecule has 0 aliphatic carbocycles. The summed E-state index contributed by atoms with van der Waals surface area (Å²) in [6, 6.07) is 5.99. The number of carbonyl (C=O) groups is 1. The highest BCUT2D eigenvalue weighted by Crippen LogP contribution is 2.35. The van der Waals surface area contributed by atoms with E-state index in [9.17, 15) is 4.79 Å². The molecule has 0 fully saturated rings. The standard InChI is InChI=1S/C16H23NO3/c1-11-12-7-6-8-14(19-5)13(12)9-10-17(11)15(18)20-16(2,3)4/h6-8,11H,9-10H2,1-5H3/t11-/m0/s1. The van der Waals surface area contributed by atoms with Crippen LogP contribution in [0.25, 0.3) is 0 Å². The predicted molar refractivity (Wildman–Crippen MR) is 78.1 cm³/mol. The van der Waals surface area contributed by atoms with Crippen LogP contribution in [-0.2, 0) is 11.2 Å². The molecule has 0 saturated heterocycles. The minimum Gasteiger partial charge on any atom is -0.496 e. The molecule has 1 aliphatic heterocycles. The van der Waals surface area contributed by atoms with Crippen LogP contribution in [0, 0.1) is 0 Å². The van der Waals surface area contributed by atoms with Crippen LogP contribution in [0.2, 0.25) is 0 Å². The van der Waals surface area contributed by atoms with E-state index in [4.69, 9.17) is 9.47 Å². The first kappa shape index (κ1) is 14.7. The maximum Gasteiger partial charge on any atom is 0.410 e. The number of hydrogen-bond acceptors (Lipinski definition) is 3. The van der Waals surface area contributed by atoms with Crippen LogP contribution in [0.15, 0.2) is 18.2 Å². The number of nitrogens with zero attached hydrogens (tertiary/aromatic N) is 1. The number of carbonyl (C=O) groups excluding carboxylic acids is 1. The van der Waals surface area contributed by atoms with E-state index in [-0.39, 0.29) is 12.1 Å². The first-order valence-electron chi connectivity index (χ1n) is 6.99. The van der Waals surface area contributed by atoms with Crippen LogP contribution in [0.4, 0.5) is 4.79 Å². The fourth-order valence-corrected chi connectivity index (χ4v) is 2.60. The zero-order valence-electron chi connectivity index (χ0n) is 12.9. The number of fused-ring (bicyclic) bond motifs is 1. The lowest BCUT2D eigenvalue weighted by molar-refractivity contribution is 0.0158. The fraction of sp³-hybridized carbons (Fsp3) is 0.562. The second kappa shape index (κ2) is 5.35. The Hall–Kier alpha value is -1.71. The summed E-state index contributed by atoms with van der Waals surface area (Å²) in [7, 11) is 1.68. The zero-order valence-corrected chi connectivity index (χ0v) is 12.9. The van der Waals surface area contributed by atoms with Crippen molar-refractivity contribution >= 4 is 6.09 Å². The lowest BCUT2D eigenvalue weighted by Crippen LogP contribution is -2.42. The van der Waals surface area contributed by atoms with Crippen LogP contribution in [-0.4, -0.2) is 30.2 Å². The molecule has 0 radical (unpaired) electrons. The van der Waals surface area contributed by atoms with Crippen molar-refractivity contribution in [3.8, 4) is 5.75 Å². The SMILES string of the molecule is COc1cccc2c1CCN(C(=O)OC(C)(C)C)[C@H]2C. The van der Waals surface area contributed by atoms with E-state index in [1.807, 2.05) is 39.8 Å². The van der Waals surface area contributed by atoms with Gasteiger partial charge < -0.3 is 14.4 Å². The Bertz CT molecular complexity index is 505. The minimum atomic E-state index is -0.467. The molecule has 0 saturated carbocycles. The van der Waals surface area contributed by atoms with E-state index < -0.39 is 5.60 Å². The molecule has 1 heterocycles. The molecule has 0 aromatic heterocycles. The molecule has 110 valence electrons. The average molecular weight is 277 g/mol. The third-order valence-corrected chi connectivity index (χ3v) is 3.54. The summed E-state index contributed by atoms with van der Waals surface area (Å²) in [5.41, 5.74) is 1.87. The highest BCUT2D eigenvalue weighted by Gasteiger charge is 2.32. The second-order valence-corrected chi connectivity index (χ2v) is 6.13. The molecule has 0 N–H and O–H groups in total. The van der Waals surface area contributed by atoms with Gasteiger partial charge >= 0.3 is 6.09 Å². The van der Waals surface area contributed by atoms with E-state index in [0.29, 0.717) is 6.54 Å². The van der Waals surface area contributed by atoms with Gasteiger partial charge in [0.25, 0.3) is 0 Å². The molecule has 1 aromatic carbocycles. The number of ether oxygens (including phenoxy) is 2. The van der Waals surface area contributed by atoms with Gasteiger partial charge in [0, 0.05) is 12.1 Å². The third-order valence-electron chi connectivity index (χ3n) is 3.54. The van der Waals surface area contributed by atoms with Gasteiger partial charge in [0.1, 0.15) is 11.4 Å². The Morgan fingerprint density at radius 3 is 2.65 bits per heavy atom. The van der Waals surface area contributed by atoms with Crippen LogP contribution in [0.5, 0.6) is 5.75 Å². The Labute approximate surface area is 120 Å². The van der Waals surface area contributed by atoms with Gasteiger partial charge in [-0.15, -0.1) is 0 Å². The molecule has 4 nitrogen and oxygen atoms in total. The van der Waals surface area contributed by atoms with Gasteiger partial charge in [-0.3, -0.25) is 0 Å². The Morgan fingerprint density at radius 1 is 1.35 bits per heavy atom. The van der Waals surface area contributed by atoms with Gasteiger partial charge in [0.15, 0.2) is 0 Å². The highest BCUT2D eigenvalue weighted by molar-refractivity contribution is 5.69. The van der Waals surface area contributed by atoms with Gasteiger partial charge in [-0.1, -0.05) is 12.1 Å². The summed E-state index contributed by atoms with van der Waals surface area (Å²) in [6.07, 6.45) is 0.543. The molecule has 1 aromatic rings. The Morgan fingerprint density at radius 2 is 2.05 bits per heavy atom. The maximum absolute atomic E-state index is 12.3. The maximum atomic E-state index is 12.3. The lowest BCUT2D eigenvalue weighted by Gasteiger charge is -2.36. The van der Waals surface area contributed by atoms with Crippen LogP contribution >= 0.6 is 0 Å². The molecular weight excluding hydrogens is 254 g/mol. The van der Waals surface area contributed by atoms with E-state index in [1.165, 1.54) is 5.56 Å². The van der Waals surface area contributed by atoms with E-state index in [2.05, 4.69) is 6.07 Å². The molecule has 2 rings (SSSR count). The molecule has 1 amide bonds. The monoisotopic (exact) mass is 277 g/mol. The van der Waals surface area contributed by atoms with E-state index >= 15 is 0 Å². The smallest absolute Gasteiger partial charge is 0.410 e. The second-order valence-electron chi connectivity index (χ2n) is 6.13. The Kier molecular flexibility index (Phi) is 3.93. The normalized spacial score (nSPS) is 18.4. The van der Waals surface area contributed by atoms with Crippen LogP contribution in [0.3, 0.4) is 0 Å². The first-order valence-corrected chi connectivity index (χ1v) is 6.99. The van der Waals surface area contributed by atoms with E-state index in [1.54, 1.807) is 12.0 Å². The minimum absolute atomic E-state index is 0.00343. The summed E-state index contributed by atoms with van der Waals surface area (Å²) < 4.78 is 10.9. The van der Waals surface area contributed by atoms with Gasteiger partial charge in [-0.2, -0.15) is 0 Å². The quantitative estimate of drug-likeness (QED) is 0.788. The van der Waals surface area contributed by atoms with Gasteiger partial charge in [0.05, 0.1) is 13.2 Å². The van der Waals surface area contributed by atoms with Gasteiger partial charge in [-0.25, -0.2) is 4.79 Å². The highest BCUT2D eigenvalue weighted by atomic mass is 16.6. The number of benzene rings is 1. The number of amides is 1. The molecule has 1 aliphatic rings. The van der Waals surface area contributed by atoms with Crippen LogP contribution < -0.4 is 4.74 Å². The van der Waals surface area contributed by atoms with E-state index in [0.717, 1.165) is 17.7 Å².